The van der Waals surface area contributed by atoms with Gasteiger partial charge in [0.2, 0.25) is 0 Å². The molecule has 0 atom stereocenters. The molecule has 4 aliphatic rings. The fraction of sp³-hybridized carbons (Fsp3) is 0.355. The van der Waals surface area contributed by atoms with Crippen molar-refractivity contribution in [2.75, 3.05) is 36.4 Å². The van der Waals surface area contributed by atoms with Crippen LogP contribution in [0.1, 0.15) is 50.7 Å². The predicted octanol–water partition coefficient (Wildman–Crippen LogP) is 6.81. The first-order valence-corrected chi connectivity index (χ1v) is 12.8. The molecular formula is C31H34N2O2. The van der Waals surface area contributed by atoms with Crippen LogP contribution in [-0.4, -0.2) is 26.6 Å². The van der Waals surface area contributed by atoms with Crippen LogP contribution in [0.3, 0.4) is 0 Å². The number of hydrogen-bond donors (Lipinski definition) is 0. The fourth-order valence-electron chi connectivity index (χ4n) is 5.52. The minimum atomic E-state index is -0.0818. The lowest BCUT2D eigenvalue weighted by Gasteiger charge is -2.34. The first-order chi connectivity index (χ1) is 17.1. The van der Waals surface area contributed by atoms with Crippen LogP contribution in [0.25, 0.3) is 0 Å². The summed E-state index contributed by atoms with van der Waals surface area (Å²) in [6.45, 7) is 7.76. The van der Waals surface area contributed by atoms with Crippen molar-refractivity contribution in [3.8, 4) is 0 Å². The zero-order valence-electron chi connectivity index (χ0n) is 20.8. The molecule has 2 aromatic rings. The lowest BCUT2D eigenvalue weighted by atomic mass is 9.78. The molecule has 0 amide bonds. The van der Waals surface area contributed by atoms with Gasteiger partial charge in [-0.2, -0.15) is 0 Å². The van der Waals surface area contributed by atoms with Gasteiger partial charge < -0.3 is 19.3 Å². The summed E-state index contributed by atoms with van der Waals surface area (Å²) in [5.74, 6) is 2.16. The van der Waals surface area contributed by atoms with Crippen LogP contribution in [-0.2, 0) is 14.9 Å². The minimum absolute atomic E-state index is 0.0818. The summed E-state index contributed by atoms with van der Waals surface area (Å²) in [6, 6.07) is 18.1. The maximum atomic E-state index is 6.01. The van der Waals surface area contributed by atoms with Crippen molar-refractivity contribution in [2.45, 2.75) is 44.9 Å². The fourth-order valence-corrected chi connectivity index (χ4v) is 5.52. The van der Waals surface area contributed by atoms with Crippen molar-refractivity contribution in [3.63, 3.8) is 0 Å². The van der Waals surface area contributed by atoms with E-state index >= 15 is 0 Å². The third-order valence-electron chi connectivity index (χ3n) is 7.88. The van der Waals surface area contributed by atoms with Gasteiger partial charge in [-0.15, -0.1) is 0 Å². The van der Waals surface area contributed by atoms with Gasteiger partial charge in [-0.1, -0.05) is 50.3 Å². The van der Waals surface area contributed by atoms with E-state index in [1.807, 2.05) is 0 Å². The van der Waals surface area contributed by atoms with E-state index in [4.69, 9.17) is 9.47 Å². The molecule has 0 radical (unpaired) electrons. The lowest BCUT2D eigenvalue weighted by molar-refractivity contribution is 0.203. The first-order valence-electron chi connectivity index (χ1n) is 12.8. The summed E-state index contributed by atoms with van der Waals surface area (Å²) in [7, 11) is 0. The van der Waals surface area contributed by atoms with E-state index in [0.717, 1.165) is 50.3 Å². The average molecular weight is 467 g/mol. The Hall–Kier alpha value is -3.40. The standard InChI is InChI=1S/C31H34N2O2/c1-31(2,25-11-15-27(16-12-25)32-19-23-7-3-5-9-29(23)34-21-32)26-13-17-28(18-14-26)33-20-24-8-4-6-10-30(24)35-22-33/h5-6,9-18H,3-4,7-8,19-22H2,1-2H3. The molecule has 4 nitrogen and oxygen atoms in total. The summed E-state index contributed by atoms with van der Waals surface area (Å²) in [4.78, 5) is 4.65. The molecule has 2 aromatic carbocycles. The highest BCUT2D eigenvalue weighted by molar-refractivity contribution is 5.55. The Morgan fingerprint density at radius 2 is 1.06 bits per heavy atom. The molecule has 35 heavy (non-hydrogen) atoms. The van der Waals surface area contributed by atoms with Crippen molar-refractivity contribution in [1.82, 2.24) is 0 Å². The van der Waals surface area contributed by atoms with Gasteiger partial charge in [-0.3, -0.25) is 0 Å². The number of benzene rings is 2. The van der Waals surface area contributed by atoms with Gasteiger partial charge in [-0.25, -0.2) is 0 Å². The van der Waals surface area contributed by atoms with Gasteiger partial charge in [0, 0.05) is 29.9 Å². The SMILES string of the molecule is CC(C)(c1ccc(N2COC3=C(CCC=C3)C2)cc1)c1ccc(N2COC3=C(CCC=C3)C2)cc1. The number of allylic oxidation sites excluding steroid dienone is 4. The molecule has 0 saturated heterocycles. The normalized spacial score (nSPS) is 19.8. The molecule has 2 aliphatic heterocycles. The third-order valence-corrected chi connectivity index (χ3v) is 7.88. The molecule has 0 spiro atoms. The Morgan fingerprint density at radius 1 is 0.629 bits per heavy atom. The van der Waals surface area contributed by atoms with E-state index in [0.29, 0.717) is 13.5 Å². The number of nitrogens with zero attached hydrogens (tertiary/aromatic N) is 2. The summed E-state index contributed by atoms with van der Waals surface area (Å²) < 4.78 is 12.0. The number of anilines is 2. The Labute approximate surface area is 208 Å². The summed E-state index contributed by atoms with van der Waals surface area (Å²) >= 11 is 0. The van der Waals surface area contributed by atoms with E-state index in [1.165, 1.54) is 33.6 Å². The van der Waals surface area contributed by atoms with Gasteiger partial charge in [0.25, 0.3) is 0 Å². The van der Waals surface area contributed by atoms with Crippen molar-refractivity contribution < 1.29 is 9.47 Å². The molecule has 0 saturated carbocycles. The molecule has 0 bridgehead atoms. The van der Waals surface area contributed by atoms with Crippen LogP contribution in [0.4, 0.5) is 11.4 Å². The lowest BCUT2D eigenvalue weighted by Crippen LogP contribution is -2.33. The van der Waals surface area contributed by atoms with E-state index < -0.39 is 0 Å². The maximum absolute atomic E-state index is 6.01. The highest BCUT2D eigenvalue weighted by atomic mass is 16.5. The molecule has 2 aliphatic carbocycles. The first kappa shape index (κ1) is 22.1. The van der Waals surface area contributed by atoms with Crippen LogP contribution < -0.4 is 9.80 Å². The van der Waals surface area contributed by atoms with E-state index in [1.54, 1.807) is 0 Å². The Morgan fingerprint density at radius 3 is 1.49 bits per heavy atom. The smallest absolute Gasteiger partial charge is 0.161 e. The second kappa shape index (κ2) is 8.99. The quantitative estimate of drug-likeness (QED) is 0.494. The topological polar surface area (TPSA) is 24.9 Å². The number of ether oxygens (including phenoxy) is 2. The van der Waals surface area contributed by atoms with Crippen LogP contribution in [0, 0.1) is 0 Å². The van der Waals surface area contributed by atoms with Gasteiger partial charge in [0.15, 0.2) is 13.5 Å². The van der Waals surface area contributed by atoms with Crippen LogP contribution in [0.2, 0.25) is 0 Å². The summed E-state index contributed by atoms with van der Waals surface area (Å²) in [5.41, 5.74) is 7.82. The second-order valence-electron chi connectivity index (χ2n) is 10.5. The summed E-state index contributed by atoms with van der Waals surface area (Å²) in [6.07, 6.45) is 13.1. The molecule has 6 rings (SSSR count). The second-order valence-corrected chi connectivity index (χ2v) is 10.5. The highest BCUT2D eigenvalue weighted by Crippen LogP contribution is 2.35. The van der Waals surface area contributed by atoms with Crippen molar-refractivity contribution in [2.24, 2.45) is 0 Å². The molecule has 0 N–H and O–H groups in total. The van der Waals surface area contributed by atoms with Crippen molar-refractivity contribution >= 4 is 11.4 Å². The largest absolute Gasteiger partial charge is 0.473 e. The maximum Gasteiger partial charge on any atom is 0.161 e. The predicted molar refractivity (Wildman–Crippen MR) is 142 cm³/mol. The zero-order chi connectivity index (χ0) is 23.8. The molecule has 0 fully saturated rings. The molecule has 0 aromatic heterocycles. The third kappa shape index (κ3) is 4.27. The number of rotatable bonds is 4. The molecule has 4 heteroatoms. The van der Waals surface area contributed by atoms with Crippen LogP contribution in [0.15, 0.2) is 95.5 Å². The van der Waals surface area contributed by atoms with Gasteiger partial charge in [0.1, 0.15) is 11.5 Å². The molecule has 0 unspecified atom stereocenters. The van der Waals surface area contributed by atoms with Gasteiger partial charge in [0.05, 0.1) is 0 Å². The van der Waals surface area contributed by atoms with E-state index in [9.17, 15) is 0 Å². The molecular weight excluding hydrogens is 432 g/mol. The molecule has 180 valence electrons. The van der Waals surface area contributed by atoms with E-state index in [-0.39, 0.29) is 5.41 Å². The monoisotopic (exact) mass is 466 g/mol. The van der Waals surface area contributed by atoms with Gasteiger partial charge in [-0.05, 0) is 84.4 Å². The van der Waals surface area contributed by atoms with Crippen molar-refractivity contribution in [3.05, 3.63) is 107 Å². The van der Waals surface area contributed by atoms with E-state index in [2.05, 4.69) is 96.5 Å². The average Bonchev–Trinajstić information content (AvgIpc) is 2.92. The van der Waals surface area contributed by atoms with Gasteiger partial charge >= 0.3 is 0 Å². The Kier molecular flexibility index (Phi) is 5.68. The minimum Gasteiger partial charge on any atom is -0.473 e. The summed E-state index contributed by atoms with van der Waals surface area (Å²) in [5, 5.41) is 0. The highest BCUT2D eigenvalue weighted by Gasteiger charge is 2.26. The van der Waals surface area contributed by atoms with Crippen LogP contribution in [0.5, 0.6) is 0 Å². The van der Waals surface area contributed by atoms with Crippen LogP contribution >= 0.6 is 0 Å². The van der Waals surface area contributed by atoms with Crippen molar-refractivity contribution in [1.29, 1.82) is 0 Å². The Balaban J connectivity index is 1.15. The zero-order valence-corrected chi connectivity index (χ0v) is 20.8. The number of hydrogen-bond acceptors (Lipinski definition) is 4. The Bertz CT molecular complexity index is 1120. The molecule has 2 heterocycles.